The molecule has 0 spiro atoms. The summed E-state index contributed by atoms with van der Waals surface area (Å²) in [5.41, 5.74) is 2.01. The fourth-order valence-corrected chi connectivity index (χ4v) is 3.94. The highest BCUT2D eigenvalue weighted by Crippen LogP contribution is 2.35. The average Bonchev–Trinajstić information content (AvgIpc) is 2.92. The second kappa shape index (κ2) is 6.93. The van der Waals surface area contributed by atoms with Gasteiger partial charge in [-0.05, 0) is 61.8 Å². The van der Waals surface area contributed by atoms with E-state index in [1.54, 1.807) is 0 Å². The lowest BCUT2D eigenvalue weighted by atomic mass is 10.0. The van der Waals surface area contributed by atoms with Crippen LogP contribution in [-0.2, 0) is 4.79 Å². The summed E-state index contributed by atoms with van der Waals surface area (Å²) in [5.74, 6) is 1.74. The van der Waals surface area contributed by atoms with Crippen molar-refractivity contribution in [2.45, 2.75) is 32.7 Å². The van der Waals surface area contributed by atoms with E-state index in [2.05, 4.69) is 43.7 Å². The molecule has 23 heavy (non-hydrogen) atoms. The highest BCUT2D eigenvalue weighted by Gasteiger charge is 2.25. The predicted octanol–water partition coefficient (Wildman–Crippen LogP) is 3.12. The number of anilines is 1. The number of hydrogen-bond donors (Lipinski definition) is 1. The number of halogens is 1. The quantitative estimate of drug-likeness (QED) is 0.810. The third kappa shape index (κ3) is 3.10. The van der Waals surface area contributed by atoms with Gasteiger partial charge in [-0.15, -0.1) is 0 Å². The van der Waals surface area contributed by atoms with Crippen molar-refractivity contribution in [3.05, 3.63) is 28.4 Å². The number of carbonyl (C=O) groups excluding carboxylic acids is 1. The van der Waals surface area contributed by atoms with E-state index in [1.165, 1.54) is 0 Å². The van der Waals surface area contributed by atoms with Gasteiger partial charge in [-0.1, -0.05) is 0 Å². The molecule has 1 saturated heterocycles. The van der Waals surface area contributed by atoms with E-state index in [4.69, 9.17) is 4.74 Å². The summed E-state index contributed by atoms with van der Waals surface area (Å²) in [7, 11) is 0. The molecule has 0 bridgehead atoms. The van der Waals surface area contributed by atoms with E-state index in [0.717, 1.165) is 53.8 Å². The van der Waals surface area contributed by atoms with E-state index >= 15 is 0 Å². The van der Waals surface area contributed by atoms with E-state index < -0.39 is 0 Å². The lowest BCUT2D eigenvalue weighted by molar-refractivity contribution is -0.120. The molecule has 2 aromatic heterocycles. The SMILES string of the molecule is CCN(c1c(C)c(OC=O)cc2cc(Br)cn12)C1CCNCC1. The number of ether oxygens (including phenoxy) is 1. The summed E-state index contributed by atoms with van der Waals surface area (Å²) in [6.45, 7) is 7.71. The molecule has 1 fully saturated rings. The Hall–Kier alpha value is -1.53. The lowest BCUT2D eigenvalue weighted by Crippen LogP contribution is -2.44. The van der Waals surface area contributed by atoms with Crippen LogP contribution in [0.2, 0.25) is 0 Å². The van der Waals surface area contributed by atoms with Gasteiger partial charge >= 0.3 is 0 Å². The van der Waals surface area contributed by atoms with Crippen molar-refractivity contribution < 1.29 is 9.53 Å². The number of piperidine rings is 1. The van der Waals surface area contributed by atoms with Gasteiger partial charge < -0.3 is 19.4 Å². The van der Waals surface area contributed by atoms with Gasteiger partial charge in [0.2, 0.25) is 0 Å². The zero-order valence-corrected chi connectivity index (χ0v) is 15.1. The van der Waals surface area contributed by atoms with Gasteiger partial charge in [-0.2, -0.15) is 0 Å². The molecule has 1 aliphatic heterocycles. The molecule has 0 unspecified atom stereocenters. The fraction of sp³-hybridized carbons (Fsp3) is 0.471. The standard InChI is InChI=1S/C17H22BrN3O2/c1-3-20(14-4-6-19-7-5-14)17-12(2)16(23-11-22)9-15-8-13(18)10-21(15)17/h8-11,14,19H,3-7H2,1-2H3. The molecule has 0 amide bonds. The van der Waals surface area contributed by atoms with Crippen LogP contribution >= 0.6 is 15.9 Å². The molecule has 2 aromatic rings. The summed E-state index contributed by atoms with van der Waals surface area (Å²) >= 11 is 3.55. The number of pyridine rings is 1. The first kappa shape index (κ1) is 16.3. The third-order valence-corrected chi connectivity index (χ3v) is 5.00. The molecule has 1 N–H and O–H groups in total. The maximum Gasteiger partial charge on any atom is 0.298 e. The first-order valence-electron chi connectivity index (χ1n) is 8.04. The van der Waals surface area contributed by atoms with Gasteiger partial charge in [0.05, 0.1) is 5.52 Å². The highest BCUT2D eigenvalue weighted by molar-refractivity contribution is 9.10. The minimum Gasteiger partial charge on any atom is -0.428 e. The number of rotatable bonds is 5. The number of nitrogens with zero attached hydrogens (tertiary/aromatic N) is 2. The van der Waals surface area contributed by atoms with Gasteiger partial charge in [-0.3, -0.25) is 4.79 Å². The molecule has 5 nitrogen and oxygen atoms in total. The van der Waals surface area contributed by atoms with E-state index in [0.29, 0.717) is 18.3 Å². The molecule has 0 saturated carbocycles. The molecule has 0 atom stereocenters. The van der Waals surface area contributed by atoms with Gasteiger partial charge in [0.25, 0.3) is 6.47 Å². The Morgan fingerprint density at radius 2 is 2.17 bits per heavy atom. The summed E-state index contributed by atoms with van der Waals surface area (Å²) in [5, 5.41) is 3.42. The molecule has 1 aliphatic rings. The van der Waals surface area contributed by atoms with Gasteiger partial charge in [0.1, 0.15) is 11.6 Å². The summed E-state index contributed by atoms with van der Waals surface area (Å²) in [4.78, 5) is 13.3. The minimum absolute atomic E-state index is 0.496. The van der Waals surface area contributed by atoms with Crippen LogP contribution in [0.3, 0.4) is 0 Å². The minimum atomic E-state index is 0.496. The fourth-order valence-electron chi connectivity index (χ4n) is 3.50. The molecule has 0 aromatic carbocycles. The van der Waals surface area contributed by atoms with Crippen LogP contribution in [0, 0.1) is 6.92 Å². The van der Waals surface area contributed by atoms with Crippen molar-refractivity contribution in [3.8, 4) is 5.75 Å². The van der Waals surface area contributed by atoms with E-state index in [-0.39, 0.29) is 0 Å². The van der Waals surface area contributed by atoms with Crippen molar-refractivity contribution in [2.75, 3.05) is 24.5 Å². The Morgan fingerprint density at radius 1 is 1.43 bits per heavy atom. The average molecular weight is 380 g/mol. The van der Waals surface area contributed by atoms with Crippen molar-refractivity contribution >= 4 is 33.7 Å². The molecule has 0 radical (unpaired) electrons. The lowest BCUT2D eigenvalue weighted by Gasteiger charge is -2.37. The Morgan fingerprint density at radius 3 is 2.83 bits per heavy atom. The first-order chi connectivity index (χ1) is 11.2. The van der Waals surface area contributed by atoms with Gasteiger partial charge in [0.15, 0.2) is 0 Å². The molecule has 6 heteroatoms. The zero-order chi connectivity index (χ0) is 16.4. The monoisotopic (exact) mass is 379 g/mol. The summed E-state index contributed by atoms with van der Waals surface area (Å²) in [6, 6.07) is 4.45. The Kier molecular flexibility index (Phi) is 4.92. The van der Waals surface area contributed by atoms with Crippen LogP contribution in [0.25, 0.3) is 5.52 Å². The van der Waals surface area contributed by atoms with Crippen molar-refractivity contribution in [1.82, 2.24) is 9.72 Å². The normalized spacial score (nSPS) is 15.8. The summed E-state index contributed by atoms with van der Waals surface area (Å²) in [6.07, 6.45) is 4.32. The zero-order valence-electron chi connectivity index (χ0n) is 13.5. The van der Waals surface area contributed by atoms with Crippen molar-refractivity contribution in [2.24, 2.45) is 0 Å². The van der Waals surface area contributed by atoms with Crippen molar-refractivity contribution in [1.29, 1.82) is 0 Å². The number of carbonyl (C=O) groups is 1. The van der Waals surface area contributed by atoms with Crippen LogP contribution in [0.1, 0.15) is 25.3 Å². The van der Waals surface area contributed by atoms with Gasteiger partial charge in [-0.25, -0.2) is 0 Å². The smallest absolute Gasteiger partial charge is 0.298 e. The Labute approximate surface area is 144 Å². The Balaban J connectivity index is 2.15. The van der Waals surface area contributed by atoms with Crippen LogP contribution in [-0.4, -0.2) is 36.5 Å². The van der Waals surface area contributed by atoms with E-state index in [9.17, 15) is 4.79 Å². The highest BCUT2D eigenvalue weighted by atomic mass is 79.9. The molecule has 0 aliphatic carbocycles. The van der Waals surface area contributed by atoms with E-state index in [1.807, 2.05) is 19.1 Å². The second-order valence-corrected chi connectivity index (χ2v) is 6.81. The number of nitrogens with one attached hydrogen (secondary N) is 1. The summed E-state index contributed by atoms with van der Waals surface area (Å²) < 4.78 is 8.43. The number of hydrogen-bond acceptors (Lipinski definition) is 4. The number of fused-ring (bicyclic) bond motifs is 1. The maximum absolute atomic E-state index is 10.9. The second-order valence-electron chi connectivity index (χ2n) is 5.89. The molecule has 3 rings (SSSR count). The molecule has 3 heterocycles. The predicted molar refractivity (Wildman–Crippen MR) is 95.4 cm³/mol. The first-order valence-corrected chi connectivity index (χ1v) is 8.84. The molecular formula is C17H22BrN3O2. The van der Waals surface area contributed by atoms with Crippen LogP contribution in [0.5, 0.6) is 5.75 Å². The van der Waals surface area contributed by atoms with Gasteiger partial charge in [0, 0.05) is 34.9 Å². The topological polar surface area (TPSA) is 46.0 Å². The number of aromatic nitrogens is 1. The maximum atomic E-state index is 10.9. The largest absolute Gasteiger partial charge is 0.428 e. The van der Waals surface area contributed by atoms with Crippen LogP contribution in [0.15, 0.2) is 22.8 Å². The molecule has 124 valence electrons. The molecular weight excluding hydrogens is 358 g/mol. The third-order valence-electron chi connectivity index (χ3n) is 4.57. The van der Waals surface area contributed by atoms with Crippen LogP contribution in [0.4, 0.5) is 5.82 Å². The van der Waals surface area contributed by atoms with Crippen LogP contribution < -0.4 is 15.0 Å². The van der Waals surface area contributed by atoms with Crippen molar-refractivity contribution in [3.63, 3.8) is 0 Å². The Bertz CT molecular complexity index is 707.